The van der Waals surface area contributed by atoms with Gasteiger partial charge in [-0.05, 0) is 12.8 Å². The van der Waals surface area contributed by atoms with Crippen molar-refractivity contribution in [2.45, 2.75) is 25.8 Å². The van der Waals surface area contributed by atoms with E-state index in [9.17, 15) is 4.79 Å². The lowest BCUT2D eigenvalue weighted by atomic mass is 10.1. The zero-order valence-electron chi connectivity index (χ0n) is 8.55. The zero-order chi connectivity index (χ0) is 10.8. The molecule has 0 aromatic carbocycles. The third kappa shape index (κ3) is 6.46. The Morgan fingerprint density at radius 2 is 2.36 bits per heavy atom. The van der Waals surface area contributed by atoms with Gasteiger partial charge in [0.05, 0.1) is 13.1 Å². The van der Waals surface area contributed by atoms with Gasteiger partial charge in [-0.15, -0.1) is 6.42 Å². The van der Waals surface area contributed by atoms with Crippen LogP contribution in [0.4, 0.5) is 0 Å². The second kappa shape index (κ2) is 8.54. The Hall–Kier alpha value is -1.05. The van der Waals surface area contributed by atoms with Crippen LogP contribution in [-0.4, -0.2) is 36.8 Å². The van der Waals surface area contributed by atoms with Crippen LogP contribution in [0.5, 0.6) is 0 Å². The van der Waals surface area contributed by atoms with Crippen molar-refractivity contribution in [3.63, 3.8) is 0 Å². The predicted octanol–water partition coefficient (Wildman–Crippen LogP) is -0.514. The average Bonchev–Trinajstić information content (AvgIpc) is 2.17. The molecule has 1 atom stereocenters. The Bertz CT molecular complexity index is 199. The van der Waals surface area contributed by atoms with Crippen molar-refractivity contribution >= 4 is 5.91 Å². The smallest absolute Gasteiger partial charge is 0.234 e. The summed E-state index contributed by atoms with van der Waals surface area (Å²) in [5.74, 6) is 2.30. The number of rotatable bonds is 7. The molecule has 0 fully saturated rings. The van der Waals surface area contributed by atoms with Crippen molar-refractivity contribution in [3.05, 3.63) is 0 Å². The topological polar surface area (TPSA) is 61.4 Å². The molecule has 0 aliphatic rings. The van der Waals surface area contributed by atoms with E-state index in [0.29, 0.717) is 13.0 Å². The molecule has 0 heterocycles. The minimum absolute atomic E-state index is 0.0557. The first-order chi connectivity index (χ1) is 6.74. The van der Waals surface area contributed by atoms with Crippen molar-refractivity contribution in [3.8, 4) is 12.3 Å². The van der Waals surface area contributed by atoms with E-state index in [4.69, 9.17) is 11.5 Å². The van der Waals surface area contributed by atoms with Crippen molar-refractivity contribution in [2.75, 3.05) is 19.7 Å². The molecule has 0 aliphatic heterocycles. The first-order valence-electron chi connectivity index (χ1n) is 4.79. The van der Waals surface area contributed by atoms with E-state index in [2.05, 4.69) is 16.6 Å². The summed E-state index contributed by atoms with van der Waals surface area (Å²) in [6, 6.07) is 0.0557. The van der Waals surface area contributed by atoms with Gasteiger partial charge in [0.1, 0.15) is 0 Å². The molecule has 0 spiro atoms. The molecule has 0 saturated heterocycles. The van der Waals surface area contributed by atoms with Crippen LogP contribution in [0.25, 0.3) is 0 Å². The van der Waals surface area contributed by atoms with Gasteiger partial charge in [-0.1, -0.05) is 12.8 Å². The quantitative estimate of drug-likeness (QED) is 0.381. The second-order valence-corrected chi connectivity index (χ2v) is 2.99. The van der Waals surface area contributed by atoms with E-state index < -0.39 is 0 Å². The molecule has 0 radical (unpaired) electrons. The van der Waals surface area contributed by atoms with Gasteiger partial charge >= 0.3 is 0 Å². The number of aliphatic hydroxyl groups excluding tert-OH is 1. The summed E-state index contributed by atoms with van der Waals surface area (Å²) in [6.45, 7) is 2.68. The number of carbonyl (C=O) groups is 1. The fraction of sp³-hybridized carbons (Fsp3) is 0.700. The summed E-state index contributed by atoms with van der Waals surface area (Å²) in [4.78, 5) is 11.2. The Kier molecular flexibility index (Phi) is 7.90. The molecule has 0 saturated carbocycles. The number of carbonyl (C=O) groups excluding carboxylic acids is 1. The average molecular weight is 198 g/mol. The highest BCUT2D eigenvalue weighted by Crippen LogP contribution is 1.95. The van der Waals surface area contributed by atoms with E-state index in [-0.39, 0.29) is 25.1 Å². The lowest BCUT2D eigenvalue weighted by Gasteiger charge is -2.15. The van der Waals surface area contributed by atoms with Crippen LogP contribution in [0.2, 0.25) is 0 Å². The van der Waals surface area contributed by atoms with Gasteiger partial charge in [0.15, 0.2) is 0 Å². The second-order valence-electron chi connectivity index (χ2n) is 2.99. The molecule has 1 unspecified atom stereocenters. The molecule has 3 N–H and O–H groups in total. The number of nitrogens with one attached hydrogen (secondary N) is 2. The molecule has 4 nitrogen and oxygen atoms in total. The van der Waals surface area contributed by atoms with Gasteiger partial charge < -0.3 is 10.4 Å². The van der Waals surface area contributed by atoms with Crippen LogP contribution >= 0.6 is 0 Å². The van der Waals surface area contributed by atoms with Crippen LogP contribution in [0.1, 0.15) is 19.8 Å². The van der Waals surface area contributed by atoms with Crippen LogP contribution in [0, 0.1) is 12.3 Å². The maximum absolute atomic E-state index is 11.2. The largest absolute Gasteiger partial charge is 0.396 e. The van der Waals surface area contributed by atoms with E-state index in [0.717, 1.165) is 6.42 Å². The van der Waals surface area contributed by atoms with Crippen LogP contribution in [-0.2, 0) is 4.79 Å². The fourth-order valence-corrected chi connectivity index (χ4v) is 1.06. The van der Waals surface area contributed by atoms with Gasteiger partial charge in [0.25, 0.3) is 0 Å². The molecule has 1 amide bonds. The van der Waals surface area contributed by atoms with Gasteiger partial charge in [-0.25, -0.2) is 0 Å². The summed E-state index contributed by atoms with van der Waals surface area (Å²) < 4.78 is 0. The molecule has 4 heteroatoms. The lowest BCUT2D eigenvalue weighted by molar-refractivity contribution is -0.121. The first-order valence-corrected chi connectivity index (χ1v) is 4.79. The molecule has 0 aromatic heterocycles. The molecule has 0 aliphatic carbocycles. The highest BCUT2D eigenvalue weighted by Gasteiger charge is 2.08. The van der Waals surface area contributed by atoms with Crippen molar-refractivity contribution in [2.24, 2.45) is 0 Å². The third-order valence-electron chi connectivity index (χ3n) is 1.85. The molecule has 80 valence electrons. The number of hydrogen-bond acceptors (Lipinski definition) is 3. The minimum atomic E-state index is -0.0828. The molecule has 0 aromatic rings. The van der Waals surface area contributed by atoms with E-state index in [1.54, 1.807) is 0 Å². The van der Waals surface area contributed by atoms with Gasteiger partial charge in [-0.3, -0.25) is 10.1 Å². The lowest BCUT2D eigenvalue weighted by Crippen LogP contribution is -2.40. The normalized spacial score (nSPS) is 11.8. The standard InChI is InChI=1S/C10H18N2O2/c1-3-6-11-8-10(14)12-9(4-2)5-7-13/h1,9,11,13H,4-8H2,2H3,(H,12,14). The van der Waals surface area contributed by atoms with Crippen LogP contribution < -0.4 is 10.6 Å². The Morgan fingerprint density at radius 1 is 1.64 bits per heavy atom. The molecule has 14 heavy (non-hydrogen) atoms. The summed E-state index contributed by atoms with van der Waals surface area (Å²) >= 11 is 0. The van der Waals surface area contributed by atoms with Gasteiger partial charge in [0.2, 0.25) is 5.91 Å². The number of aliphatic hydroxyl groups is 1. The van der Waals surface area contributed by atoms with Crippen molar-refractivity contribution < 1.29 is 9.90 Å². The first kappa shape index (κ1) is 12.9. The van der Waals surface area contributed by atoms with Crippen molar-refractivity contribution in [1.29, 1.82) is 0 Å². The number of terminal acetylenes is 1. The van der Waals surface area contributed by atoms with Gasteiger partial charge in [0, 0.05) is 12.6 Å². The van der Waals surface area contributed by atoms with E-state index in [1.807, 2.05) is 6.92 Å². The predicted molar refractivity (Wildman–Crippen MR) is 55.6 cm³/mol. The van der Waals surface area contributed by atoms with Crippen LogP contribution in [0.3, 0.4) is 0 Å². The molecule has 0 rings (SSSR count). The number of hydrogen-bond donors (Lipinski definition) is 3. The minimum Gasteiger partial charge on any atom is -0.396 e. The maximum atomic E-state index is 11.2. The molecular formula is C10H18N2O2. The highest BCUT2D eigenvalue weighted by atomic mass is 16.3. The third-order valence-corrected chi connectivity index (χ3v) is 1.85. The fourth-order valence-electron chi connectivity index (χ4n) is 1.06. The molecule has 0 bridgehead atoms. The Labute approximate surface area is 85.1 Å². The highest BCUT2D eigenvalue weighted by molar-refractivity contribution is 5.78. The summed E-state index contributed by atoms with van der Waals surface area (Å²) in [6.07, 6.45) is 6.43. The zero-order valence-corrected chi connectivity index (χ0v) is 8.55. The van der Waals surface area contributed by atoms with Crippen molar-refractivity contribution in [1.82, 2.24) is 10.6 Å². The van der Waals surface area contributed by atoms with E-state index >= 15 is 0 Å². The molecular weight excluding hydrogens is 180 g/mol. The number of amides is 1. The maximum Gasteiger partial charge on any atom is 0.234 e. The monoisotopic (exact) mass is 198 g/mol. The Balaban J connectivity index is 3.63. The summed E-state index contributed by atoms with van der Waals surface area (Å²) in [7, 11) is 0. The summed E-state index contributed by atoms with van der Waals surface area (Å²) in [5.41, 5.74) is 0. The van der Waals surface area contributed by atoms with Gasteiger partial charge in [-0.2, -0.15) is 0 Å². The van der Waals surface area contributed by atoms with E-state index in [1.165, 1.54) is 0 Å². The van der Waals surface area contributed by atoms with Crippen LogP contribution in [0.15, 0.2) is 0 Å². The SMILES string of the molecule is C#CCNCC(=O)NC(CC)CCO. The Morgan fingerprint density at radius 3 is 2.86 bits per heavy atom. The summed E-state index contributed by atoms with van der Waals surface area (Å²) in [5, 5.41) is 14.3.